The van der Waals surface area contributed by atoms with Gasteiger partial charge in [-0.25, -0.2) is 4.79 Å². The Hall–Kier alpha value is -2.45. The van der Waals surface area contributed by atoms with Gasteiger partial charge in [-0.05, 0) is 50.8 Å². The molecule has 3 amide bonds. The van der Waals surface area contributed by atoms with Crippen molar-refractivity contribution in [3.63, 3.8) is 0 Å². The Labute approximate surface area is 168 Å². The lowest BCUT2D eigenvalue weighted by Crippen LogP contribution is -2.44. The van der Waals surface area contributed by atoms with E-state index in [0.29, 0.717) is 25.2 Å². The predicted molar refractivity (Wildman–Crippen MR) is 105 cm³/mol. The van der Waals surface area contributed by atoms with Crippen molar-refractivity contribution in [2.45, 2.75) is 51.2 Å². The normalized spacial score (nSPS) is 18.7. The minimum atomic E-state index is -4.49. The monoisotopic (exact) mass is 412 g/mol. The van der Waals surface area contributed by atoms with Crippen molar-refractivity contribution in [3.05, 3.63) is 23.8 Å². The maximum Gasteiger partial charge on any atom is 0.416 e. The zero-order valence-electron chi connectivity index (χ0n) is 16.5. The van der Waals surface area contributed by atoms with Crippen LogP contribution in [0, 0.1) is 0 Å². The molecule has 160 valence electrons. The number of amides is 3. The van der Waals surface area contributed by atoms with Crippen LogP contribution in [0.1, 0.15) is 44.6 Å². The SMILES string of the molecule is CC(CN1CCCC1=O)NC(=O)Nc1cc(C(F)(F)F)ccc1N1CCCCC1. The smallest absolute Gasteiger partial charge is 0.370 e. The van der Waals surface area contributed by atoms with Gasteiger partial charge in [-0.2, -0.15) is 13.2 Å². The van der Waals surface area contributed by atoms with E-state index in [2.05, 4.69) is 10.6 Å². The molecule has 29 heavy (non-hydrogen) atoms. The molecule has 1 atom stereocenters. The fraction of sp³-hybridized carbons (Fsp3) is 0.600. The van der Waals surface area contributed by atoms with E-state index in [1.807, 2.05) is 4.90 Å². The summed E-state index contributed by atoms with van der Waals surface area (Å²) in [6, 6.07) is 2.56. The summed E-state index contributed by atoms with van der Waals surface area (Å²) in [5, 5.41) is 5.31. The van der Waals surface area contributed by atoms with Crippen LogP contribution in [0.5, 0.6) is 0 Å². The lowest BCUT2D eigenvalue weighted by molar-refractivity contribution is -0.137. The molecule has 0 bridgehead atoms. The second kappa shape index (κ2) is 8.92. The van der Waals surface area contributed by atoms with E-state index < -0.39 is 17.8 Å². The molecular formula is C20H27F3N4O2. The number of carbonyl (C=O) groups excluding carboxylic acids is 2. The number of urea groups is 1. The molecule has 0 aliphatic carbocycles. The Kier molecular flexibility index (Phi) is 6.54. The summed E-state index contributed by atoms with van der Waals surface area (Å²) in [7, 11) is 0. The first kappa shape index (κ1) is 21.3. The summed E-state index contributed by atoms with van der Waals surface area (Å²) < 4.78 is 39.5. The number of likely N-dealkylation sites (tertiary alicyclic amines) is 1. The van der Waals surface area contributed by atoms with E-state index in [9.17, 15) is 22.8 Å². The summed E-state index contributed by atoms with van der Waals surface area (Å²) in [6.07, 6.45) is -0.144. The van der Waals surface area contributed by atoms with Crippen molar-refractivity contribution >= 4 is 23.3 Å². The van der Waals surface area contributed by atoms with Crippen LogP contribution in [0.2, 0.25) is 0 Å². The first-order chi connectivity index (χ1) is 13.7. The molecule has 1 aromatic rings. The Bertz CT molecular complexity index is 748. The molecular weight excluding hydrogens is 385 g/mol. The molecule has 2 saturated heterocycles. The number of nitrogens with zero attached hydrogens (tertiary/aromatic N) is 2. The van der Waals surface area contributed by atoms with Gasteiger partial charge in [0.25, 0.3) is 0 Å². The number of hydrogen-bond donors (Lipinski definition) is 2. The average Bonchev–Trinajstić information content (AvgIpc) is 3.06. The van der Waals surface area contributed by atoms with E-state index >= 15 is 0 Å². The van der Waals surface area contributed by atoms with Crippen molar-refractivity contribution in [3.8, 4) is 0 Å². The molecule has 0 radical (unpaired) electrons. The zero-order chi connectivity index (χ0) is 21.0. The Morgan fingerprint density at radius 3 is 2.48 bits per heavy atom. The van der Waals surface area contributed by atoms with Gasteiger partial charge in [-0.15, -0.1) is 0 Å². The molecule has 1 unspecified atom stereocenters. The Balaban J connectivity index is 1.71. The summed E-state index contributed by atoms with van der Waals surface area (Å²) in [6.45, 7) is 4.31. The van der Waals surface area contributed by atoms with Crippen LogP contribution in [0.15, 0.2) is 18.2 Å². The number of halogens is 3. The minimum absolute atomic E-state index is 0.0596. The summed E-state index contributed by atoms with van der Waals surface area (Å²) in [4.78, 5) is 27.9. The molecule has 0 aromatic heterocycles. The van der Waals surface area contributed by atoms with E-state index in [0.717, 1.165) is 50.9 Å². The standard InChI is InChI=1S/C20H27F3N4O2/c1-14(13-27-11-5-6-18(27)28)24-19(29)25-16-12-15(20(21,22)23)7-8-17(16)26-9-3-2-4-10-26/h7-8,12,14H,2-6,9-11,13H2,1H3,(H2,24,25,29). The predicted octanol–water partition coefficient (Wildman–Crippen LogP) is 3.83. The van der Waals surface area contributed by atoms with Gasteiger partial charge in [0.05, 0.1) is 16.9 Å². The van der Waals surface area contributed by atoms with Crippen LogP contribution in [-0.4, -0.2) is 49.1 Å². The van der Waals surface area contributed by atoms with Gasteiger partial charge in [0, 0.05) is 38.6 Å². The van der Waals surface area contributed by atoms with Crippen molar-refractivity contribution in [1.29, 1.82) is 0 Å². The molecule has 6 nitrogen and oxygen atoms in total. The van der Waals surface area contributed by atoms with Gasteiger partial charge in [0.2, 0.25) is 5.91 Å². The van der Waals surface area contributed by atoms with Crippen LogP contribution in [-0.2, 0) is 11.0 Å². The third-order valence-electron chi connectivity index (χ3n) is 5.31. The average molecular weight is 412 g/mol. The van der Waals surface area contributed by atoms with Crippen LogP contribution < -0.4 is 15.5 Å². The fourth-order valence-electron chi connectivity index (χ4n) is 3.88. The summed E-state index contributed by atoms with van der Waals surface area (Å²) in [5.74, 6) is 0.0596. The Morgan fingerprint density at radius 2 is 1.86 bits per heavy atom. The highest BCUT2D eigenvalue weighted by Gasteiger charge is 2.32. The van der Waals surface area contributed by atoms with E-state index in [4.69, 9.17) is 0 Å². The molecule has 2 aliphatic rings. The summed E-state index contributed by atoms with van der Waals surface area (Å²) in [5.41, 5.74) is -0.0665. The zero-order valence-corrected chi connectivity index (χ0v) is 16.5. The largest absolute Gasteiger partial charge is 0.416 e. The first-order valence-corrected chi connectivity index (χ1v) is 10.1. The molecule has 0 spiro atoms. The molecule has 0 saturated carbocycles. The van der Waals surface area contributed by atoms with E-state index in [1.54, 1.807) is 11.8 Å². The topological polar surface area (TPSA) is 64.7 Å². The number of carbonyl (C=O) groups is 2. The van der Waals surface area contributed by atoms with Gasteiger partial charge in [-0.1, -0.05) is 0 Å². The molecule has 2 aliphatic heterocycles. The second-order valence-electron chi connectivity index (χ2n) is 7.72. The molecule has 2 fully saturated rings. The van der Waals surface area contributed by atoms with Crippen molar-refractivity contribution in [2.24, 2.45) is 0 Å². The van der Waals surface area contributed by atoms with E-state index in [-0.39, 0.29) is 17.6 Å². The lowest BCUT2D eigenvalue weighted by atomic mass is 10.1. The molecule has 9 heteroatoms. The highest BCUT2D eigenvalue weighted by molar-refractivity contribution is 5.93. The second-order valence-corrected chi connectivity index (χ2v) is 7.72. The molecule has 2 N–H and O–H groups in total. The van der Waals surface area contributed by atoms with Gasteiger partial charge >= 0.3 is 12.2 Å². The number of nitrogens with one attached hydrogen (secondary N) is 2. The van der Waals surface area contributed by atoms with E-state index in [1.165, 1.54) is 6.07 Å². The van der Waals surface area contributed by atoms with Crippen LogP contribution >= 0.6 is 0 Å². The third-order valence-corrected chi connectivity index (χ3v) is 5.31. The molecule has 2 heterocycles. The number of rotatable bonds is 5. The highest BCUT2D eigenvalue weighted by Crippen LogP contribution is 2.36. The number of anilines is 2. The van der Waals surface area contributed by atoms with Crippen LogP contribution in [0.3, 0.4) is 0 Å². The number of benzene rings is 1. The van der Waals surface area contributed by atoms with Crippen molar-refractivity contribution in [2.75, 3.05) is 36.4 Å². The first-order valence-electron chi connectivity index (χ1n) is 10.1. The van der Waals surface area contributed by atoms with Gasteiger partial charge in [0.1, 0.15) is 0 Å². The third kappa shape index (κ3) is 5.55. The maximum atomic E-state index is 13.2. The van der Waals surface area contributed by atoms with Crippen molar-refractivity contribution < 1.29 is 22.8 Å². The molecule has 3 rings (SSSR count). The van der Waals surface area contributed by atoms with Gasteiger partial charge in [-0.3, -0.25) is 4.79 Å². The van der Waals surface area contributed by atoms with Crippen molar-refractivity contribution in [1.82, 2.24) is 10.2 Å². The van der Waals surface area contributed by atoms with Crippen LogP contribution in [0.4, 0.5) is 29.3 Å². The summed E-state index contributed by atoms with van der Waals surface area (Å²) >= 11 is 0. The van der Waals surface area contributed by atoms with Gasteiger partial charge in [0.15, 0.2) is 0 Å². The minimum Gasteiger partial charge on any atom is -0.370 e. The van der Waals surface area contributed by atoms with Crippen LogP contribution in [0.25, 0.3) is 0 Å². The lowest BCUT2D eigenvalue weighted by Gasteiger charge is -2.31. The van der Waals surface area contributed by atoms with Gasteiger partial charge < -0.3 is 20.4 Å². The number of hydrogen-bond acceptors (Lipinski definition) is 3. The quantitative estimate of drug-likeness (QED) is 0.773. The highest BCUT2D eigenvalue weighted by atomic mass is 19.4. The number of piperidine rings is 1. The molecule has 1 aromatic carbocycles. The fourth-order valence-corrected chi connectivity index (χ4v) is 3.88. The Morgan fingerprint density at radius 1 is 1.14 bits per heavy atom. The maximum absolute atomic E-state index is 13.2. The number of alkyl halides is 3.